The number of nitrogens with one attached hydrogen (secondary N) is 1. The van der Waals surface area contributed by atoms with Gasteiger partial charge in [0.05, 0.1) is 0 Å². The second kappa shape index (κ2) is 6.29. The summed E-state index contributed by atoms with van der Waals surface area (Å²) in [6.07, 6.45) is 1.30. The molecule has 8 heteroatoms. The van der Waals surface area contributed by atoms with Gasteiger partial charge in [0.2, 0.25) is 5.82 Å². The first kappa shape index (κ1) is 16.3. The molecule has 2 amide bonds. The van der Waals surface area contributed by atoms with Gasteiger partial charge in [-0.1, -0.05) is 11.6 Å². The number of amides is 2. The van der Waals surface area contributed by atoms with Crippen molar-refractivity contribution in [2.45, 2.75) is 13.8 Å². The first-order valence-corrected chi connectivity index (χ1v) is 8.48. The zero-order valence-electron chi connectivity index (χ0n) is 14.7. The standard InChI is InChI=1S/C18H19N5O3/c1-11-3-4-14-13(9-11)12(2)15(26-14)17(24)22-5-7-23(8-6-22)18(25)16-19-10-20-21-16/h3-4,9-10H,5-8H2,1-2H3,(H,19,20,21). The number of carbonyl (C=O) groups is 2. The maximum atomic E-state index is 12.9. The number of aromatic nitrogens is 3. The van der Waals surface area contributed by atoms with Crippen LogP contribution in [0.2, 0.25) is 0 Å². The normalized spacial score (nSPS) is 14.8. The zero-order chi connectivity index (χ0) is 18.3. The van der Waals surface area contributed by atoms with Gasteiger partial charge >= 0.3 is 0 Å². The monoisotopic (exact) mass is 353 g/mol. The van der Waals surface area contributed by atoms with Gasteiger partial charge in [-0.25, -0.2) is 4.98 Å². The molecule has 0 unspecified atom stereocenters. The van der Waals surface area contributed by atoms with E-state index in [2.05, 4.69) is 15.2 Å². The van der Waals surface area contributed by atoms with Crippen LogP contribution < -0.4 is 0 Å². The summed E-state index contributed by atoms with van der Waals surface area (Å²) in [7, 11) is 0. The van der Waals surface area contributed by atoms with E-state index in [1.165, 1.54) is 6.33 Å². The van der Waals surface area contributed by atoms with E-state index in [4.69, 9.17) is 4.42 Å². The molecular formula is C18H19N5O3. The topological polar surface area (TPSA) is 95.3 Å². The number of aryl methyl sites for hydroxylation is 2. The maximum Gasteiger partial charge on any atom is 0.291 e. The summed E-state index contributed by atoms with van der Waals surface area (Å²) in [5, 5.41) is 7.24. The van der Waals surface area contributed by atoms with Crippen LogP contribution in [0.5, 0.6) is 0 Å². The fourth-order valence-corrected chi connectivity index (χ4v) is 3.25. The average Bonchev–Trinajstić information content (AvgIpc) is 3.30. The first-order chi connectivity index (χ1) is 12.5. The highest BCUT2D eigenvalue weighted by molar-refractivity contribution is 5.99. The van der Waals surface area contributed by atoms with Crippen LogP contribution in [-0.2, 0) is 0 Å². The van der Waals surface area contributed by atoms with Crippen LogP contribution in [-0.4, -0.2) is 63.0 Å². The molecule has 0 spiro atoms. The van der Waals surface area contributed by atoms with Crippen LogP contribution >= 0.6 is 0 Å². The molecule has 1 aromatic carbocycles. The van der Waals surface area contributed by atoms with Crippen LogP contribution in [0, 0.1) is 13.8 Å². The van der Waals surface area contributed by atoms with Gasteiger partial charge in [-0.3, -0.25) is 14.7 Å². The number of carbonyl (C=O) groups excluding carboxylic acids is 2. The van der Waals surface area contributed by atoms with E-state index >= 15 is 0 Å². The molecule has 2 aromatic heterocycles. The lowest BCUT2D eigenvalue weighted by Crippen LogP contribution is -2.50. The molecule has 1 aliphatic heterocycles. The van der Waals surface area contributed by atoms with E-state index in [1.54, 1.807) is 9.80 Å². The molecule has 0 bridgehead atoms. The van der Waals surface area contributed by atoms with Crippen LogP contribution in [0.4, 0.5) is 0 Å². The van der Waals surface area contributed by atoms with Gasteiger partial charge < -0.3 is 14.2 Å². The highest BCUT2D eigenvalue weighted by Crippen LogP contribution is 2.27. The number of furan rings is 1. The number of hydrogen-bond acceptors (Lipinski definition) is 5. The van der Waals surface area contributed by atoms with E-state index in [0.29, 0.717) is 31.9 Å². The molecule has 1 fully saturated rings. The third-order valence-corrected chi connectivity index (χ3v) is 4.76. The average molecular weight is 353 g/mol. The van der Waals surface area contributed by atoms with Crippen molar-refractivity contribution in [3.8, 4) is 0 Å². The molecule has 1 aliphatic rings. The summed E-state index contributed by atoms with van der Waals surface area (Å²) >= 11 is 0. The van der Waals surface area contributed by atoms with Crippen molar-refractivity contribution >= 4 is 22.8 Å². The minimum Gasteiger partial charge on any atom is -0.451 e. The second-order valence-electron chi connectivity index (χ2n) is 6.47. The Morgan fingerprint density at radius 3 is 2.42 bits per heavy atom. The Balaban J connectivity index is 1.49. The molecule has 0 radical (unpaired) electrons. The first-order valence-electron chi connectivity index (χ1n) is 8.48. The molecule has 3 heterocycles. The minimum atomic E-state index is -0.204. The number of aromatic amines is 1. The third-order valence-electron chi connectivity index (χ3n) is 4.76. The van der Waals surface area contributed by atoms with Gasteiger partial charge in [-0.2, -0.15) is 5.10 Å². The number of H-pyrrole nitrogens is 1. The maximum absolute atomic E-state index is 12.9. The van der Waals surface area contributed by atoms with E-state index in [9.17, 15) is 9.59 Å². The van der Waals surface area contributed by atoms with Crippen molar-refractivity contribution in [1.82, 2.24) is 25.0 Å². The van der Waals surface area contributed by atoms with Gasteiger partial charge in [0.25, 0.3) is 11.8 Å². The number of fused-ring (bicyclic) bond motifs is 1. The van der Waals surface area contributed by atoms with Crippen LogP contribution in [0.3, 0.4) is 0 Å². The molecule has 26 heavy (non-hydrogen) atoms. The fraction of sp³-hybridized carbons (Fsp3) is 0.333. The van der Waals surface area contributed by atoms with Gasteiger partial charge in [-0.05, 0) is 26.0 Å². The molecular weight excluding hydrogens is 334 g/mol. The van der Waals surface area contributed by atoms with Crippen molar-refractivity contribution in [1.29, 1.82) is 0 Å². The fourth-order valence-electron chi connectivity index (χ4n) is 3.25. The zero-order valence-corrected chi connectivity index (χ0v) is 14.7. The van der Waals surface area contributed by atoms with E-state index in [-0.39, 0.29) is 17.6 Å². The Kier molecular flexibility index (Phi) is 3.95. The van der Waals surface area contributed by atoms with Gasteiger partial charge in [0.15, 0.2) is 5.76 Å². The Bertz CT molecular complexity index is 968. The summed E-state index contributed by atoms with van der Waals surface area (Å²) in [6.45, 7) is 5.72. The lowest BCUT2D eigenvalue weighted by Gasteiger charge is -2.33. The highest BCUT2D eigenvalue weighted by Gasteiger charge is 2.29. The van der Waals surface area contributed by atoms with E-state index in [0.717, 1.165) is 22.1 Å². The molecule has 0 aliphatic carbocycles. The molecule has 0 atom stereocenters. The summed E-state index contributed by atoms with van der Waals surface area (Å²) in [5.74, 6) is 0.252. The van der Waals surface area contributed by atoms with Crippen LogP contribution in [0.25, 0.3) is 11.0 Å². The number of rotatable bonds is 2. The molecule has 8 nitrogen and oxygen atoms in total. The van der Waals surface area contributed by atoms with Crippen molar-refractivity contribution < 1.29 is 14.0 Å². The molecule has 134 valence electrons. The smallest absolute Gasteiger partial charge is 0.291 e. The van der Waals surface area contributed by atoms with Crippen LogP contribution in [0.15, 0.2) is 28.9 Å². The van der Waals surface area contributed by atoms with Gasteiger partial charge in [0.1, 0.15) is 11.9 Å². The van der Waals surface area contributed by atoms with Crippen molar-refractivity contribution in [3.63, 3.8) is 0 Å². The lowest BCUT2D eigenvalue weighted by molar-refractivity contribution is 0.0513. The predicted molar refractivity (Wildman–Crippen MR) is 93.9 cm³/mol. The quantitative estimate of drug-likeness (QED) is 0.757. The molecule has 4 rings (SSSR count). The van der Waals surface area contributed by atoms with Crippen molar-refractivity contribution in [2.24, 2.45) is 0 Å². The Labute approximate surface area is 149 Å². The number of piperazine rings is 1. The van der Waals surface area contributed by atoms with E-state index < -0.39 is 0 Å². The molecule has 0 saturated carbocycles. The highest BCUT2D eigenvalue weighted by atomic mass is 16.3. The van der Waals surface area contributed by atoms with E-state index in [1.807, 2.05) is 32.0 Å². The molecule has 3 aromatic rings. The third kappa shape index (κ3) is 2.73. The molecule has 1 saturated heterocycles. The predicted octanol–water partition coefficient (Wildman–Crippen LogP) is 1.77. The van der Waals surface area contributed by atoms with Gasteiger partial charge in [0, 0.05) is 37.1 Å². The largest absolute Gasteiger partial charge is 0.451 e. The second-order valence-corrected chi connectivity index (χ2v) is 6.47. The Morgan fingerprint density at radius 2 is 1.77 bits per heavy atom. The SMILES string of the molecule is Cc1ccc2oc(C(=O)N3CCN(C(=O)c4ncn[nH]4)CC3)c(C)c2c1. The van der Waals surface area contributed by atoms with Gasteiger partial charge in [-0.15, -0.1) is 0 Å². The minimum absolute atomic E-state index is 0.136. The van der Waals surface area contributed by atoms with Crippen molar-refractivity contribution in [2.75, 3.05) is 26.2 Å². The summed E-state index contributed by atoms with van der Waals surface area (Å²) in [5.41, 5.74) is 2.70. The Morgan fingerprint density at radius 1 is 1.08 bits per heavy atom. The lowest BCUT2D eigenvalue weighted by atomic mass is 10.1. The summed E-state index contributed by atoms with van der Waals surface area (Å²) < 4.78 is 5.81. The summed E-state index contributed by atoms with van der Waals surface area (Å²) in [4.78, 5) is 32.4. The summed E-state index contributed by atoms with van der Waals surface area (Å²) in [6, 6.07) is 5.88. The van der Waals surface area contributed by atoms with Crippen molar-refractivity contribution in [3.05, 3.63) is 47.2 Å². The molecule has 1 N–H and O–H groups in total. The number of benzene rings is 1. The number of hydrogen-bond donors (Lipinski definition) is 1. The Hall–Kier alpha value is -3.16. The van der Waals surface area contributed by atoms with Crippen LogP contribution in [0.1, 0.15) is 32.3 Å². The number of nitrogens with zero attached hydrogens (tertiary/aromatic N) is 4.